The highest BCUT2D eigenvalue weighted by Gasteiger charge is 2.38. The topological polar surface area (TPSA) is 536 Å². The standard InChI is InChI=1S/C57H96N16O16S/c1-9-29(6)44(61)56-71-40(26-90-56)54(86)69-37(21-28(4)5)52(84)66-36(17-18-42(75)76)51(83)72-45(30(7)10-2)55(87)67-34(49(81)65-35(16-14-19-58)50(82)73-46(57(88)89)31(8)11-3)15-12-13-20-63-48(80)38(23-41(60)74)70-53(85)39(24-43(77)78)68-47(79)33(59)22-32-25-62-27-64-32/h25,27-31,33-40,44-46H,9-24,26,58-59,61H2,1-8H3,(H2,60,74)(H,62,64)(H,63,80)(H,65,81)(H,66,84)(H,67,87)(H,68,79)(H,69,86)(H,70,85)(H,72,83)(H,73,82)(H,75,76)(H,77,78)(H,88,89)/t29-,30+,31+,33+,34+,35-,36-,37+,38-,39-,40?,44-,45+,46+/m1/s1. The van der Waals surface area contributed by atoms with Crippen molar-refractivity contribution in [2.45, 2.75) is 212 Å². The van der Waals surface area contributed by atoms with Crippen LogP contribution in [0.25, 0.3) is 0 Å². The summed E-state index contributed by atoms with van der Waals surface area (Å²) in [5.74, 6) is -14.4. The third kappa shape index (κ3) is 27.5. The third-order valence-corrected chi connectivity index (χ3v) is 16.4. The number of rotatable bonds is 44. The van der Waals surface area contributed by atoms with Gasteiger partial charge in [-0.2, -0.15) is 0 Å². The number of carbonyl (C=O) groups is 13. The van der Waals surface area contributed by atoms with Gasteiger partial charge in [-0.25, -0.2) is 9.78 Å². The molecule has 1 aliphatic heterocycles. The summed E-state index contributed by atoms with van der Waals surface area (Å²) in [4.78, 5) is 184. The van der Waals surface area contributed by atoms with E-state index in [9.17, 15) is 77.6 Å². The first kappa shape index (κ1) is 78.3. The van der Waals surface area contributed by atoms with E-state index in [0.717, 1.165) is 6.42 Å². The molecule has 14 atom stereocenters. The van der Waals surface area contributed by atoms with Gasteiger partial charge in [-0.3, -0.25) is 62.5 Å². The zero-order valence-corrected chi connectivity index (χ0v) is 53.4. The first-order valence-electron chi connectivity index (χ1n) is 30.4. The van der Waals surface area contributed by atoms with Crippen molar-refractivity contribution in [3.05, 3.63) is 18.2 Å². The quantitative estimate of drug-likeness (QED) is 0.0301. The lowest BCUT2D eigenvalue weighted by Gasteiger charge is -2.30. The predicted molar refractivity (Wildman–Crippen MR) is 331 cm³/mol. The maximum Gasteiger partial charge on any atom is 0.326 e. The summed E-state index contributed by atoms with van der Waals surface area (Å²) >= 11 is 1.35. The minimum absolute atomic E-state index is 0.00219. The Labute approximate surface area is 527 Å². The second-order valence-electron chi connectivity index (χ2n) is 23.1. The number of carboxylic acids is 3. The van der Waals surface area contributed by atoms with Crippen molar-refractivity contribution >= 4 is 93.8 Å². The molecule has 0 aliphatic carbocycles. The van der Waals surface area contributed by atoms with E-state index in [2.05, 4.69) is 62.8 Å². The van der Waals surface area contributed by atoms with Crippen molar-refractivity contribution in [2.24, 2.45) is 51.6 Å². The fourth-order valence-electron chi connectivity index (χ4n) is 9.15. The van der Waals surface area contributed by atoms with Crippen LogP contribution in [0.5, 0.6) is 0 Å². The van der Waals surface area contributed by atoms with E-state index in [4.69, 9.17) is 22.9 Å². The Morgan fingerprint density at radius 2 is 1.11 bits per heavy atom. The second kappa shape index (κ2) is 40.1. The van der Waals surface area contributed by atoms with Crippen LogP contribution in [0.4, 0.5) is 0 Å². The monoisotopic (exact) mass is 1290 g/mol. The van der Waals surface area contributed by atoms with Crippen LogP contribution >= 0.6 is 11.8 Å². The van der Waals surface area contributed by atoms with Crippen LogP contribution < -0.4 is 70.8 Å². The highest BCUT2D eigenvalue weighted by Crippen LogP contribution is 2.24. The third-order valence-electron chi connectivity index (χ3n) is 15.3. The number of H-pyrrole nitrogens is 1. The van der Waals surface area contributed by atoms with E-state index in [1.165, 1.54) is 24.3 Å². The molecule has 33 heteroatoms. The summed E-state index contributed by atoms with van der Waals surface area (Å²) < 4.78 is 0. The summed E-state index contributed by atoms with van der Waals surface area (Å²) in [6, 6.07) is -14.5. The van der Waals surface area contributed by atoms with Crippen LogP contribution in [0.2, 0.25) is 0 Å². The van der Waals surface area contributed by atoms with E-state index in [1.807, 2.05) is 13.8 Å². The van der Waals surface area contributed by atoms with Gasteiger partial charge in [-0.15, -0.1) is 11.8 Å². The molecule has 0 spiro atoms. The van der Waals surface area contributed by atoms with Gasteiger partial charge in [0.1, 0.15) is 54.4 Å². The number of amides is 10. The van der Waals surface area contributed by atoms with Gasteiger partial charge in [-0.1, -0.05) is 74.7 Å². The largest absolute Gasteiger partial charge is 0.481 e. The van der Waals surface area contributed by atoms with E-state index < -0.39 is 181 Å². The van der Waals surface area contributed by atoms with Gasteiger partial charge >= 0.3 is 17.9 Å². The number of aromatic amines is 1. The number of hydrogen-bond acceptors (Lipinski definition) is 19. The summed E-state index contributed by atoms with van der Waals surface area (Å²) in [6.45, 7) is 14.0. The van der Waals surface area contributed by atoms with Crippen molar-refractivity contribution in [3.8, 4) is 0 Å². The molecular weight excluding hydrogens is 1200 g/mol. The van der Waals surface area contributed by atoms with Crippen LogP contribution in [0.1, 0.15) is 145 Å². The highest BCUT2D eigenvalue weighted by atomic mass is 32.2. The SMILES string of the molecule is CC[C@@H](C)[C@@H](N)C1=NC(C(=O)N[C@@H](CC(C)C)C(=O)N[C@H](CCC(=O)O)C(=O)N[C@H](C(=O)N[C@@H](CCCCNC(=O)[C@@H](CC(N)=O)NC(=O)[C@@H](CC(=O)O)NC(=O)[C@@H](N)Cc2cnc[nH]2)C(=O)N[C@H](CCCN)C(=O)N[C@H](C(=O)O)[C@@H](C)CC)[C@@H](C)CC)CS1. The number of nitrogens with two attached hydrogens (primary N) is 4. The van der Waals surface area contributed by atoms with Gasteiger partial charge in [0.05, 0.1) is 36.3 Å². The zero-order valence-electron chi connectivity index (χ0n) is 52.6. The molecule has 506 valence electrons. The molecule has 1 aliphatic rings. The van der Waals surface area contributed by atoms with E-state index in [0.29, 0.717) is 17.2 Å². The van der Waals surface area contributed by atoms with Gasteiger partial charge < -0.3 is 91.1 Å². The Kier molecular flexibility index (Phi) is 34.9. The number of aliphatic carboxylic acids is 3. The molecule has 1 unspecified atom stereocenters. The summed E-state index contributed by atoms with van der Waals surface area (Å²) in [6.07, 6.45) is 1.28. The minimum Gasteiger partial charge on any atom is -0.481 e. The normalized spacial score (nSPS) is 17.2. The lowest BCUT2D eigenvalue weighted by molar-refractivity contribution is -0.144. The van der Waals surface area contributed by atoms with E-state index in [-0.39, 0.29) is 82.0 Å². The number of nitrogens with zero attached hydrogens (tertiary/aromatic N) is 2. The molecule has 0 bridgehead atoms. The van der Waals surface area contributed by atoms with Crippen LogP contribution in [0.15, 0.2) is 17.5 Å². The number of hydrogen-bond donors (Lipinski definition) is 17. The maximum absolute atomic E-state index is 14.6. The second-order valence-corrected chi connectivity index (χ2v) is 24.1. The smallest absolute Gasteiger partial charge is 0.326 e. The number of aromatic nitrogens is 2. The summed E-state index contributed by atoms with van der Waals surface area (Å²) in [5.41, 5.74) is 24.0. The number of imidazole rings is 1. The van der Waals surface area contributed by atoms with Crippen molar-refractivity contribution in [2.75, 3.05) is 18.8 Å². The summed E-state index contributed by atoms with van der Waals surface area (Å²) in [5, 5.41) is 52.5. The van der Waals surface area contributed by atoms with Crippen LogP contribution in [-0.4, -0.2) is 193 Å². The molecule has 90 heavy (non-hydrogen) atoms. The Morgan fingerprint density at radius 3 is 1.64 bits per heavy atom. The molecule has 0 aromatic carbocycles. The van der Waals surface area contributed by atoms with Crippen LogP contribution in [-0.2, 0) is 68.7 Å². The lowest BCUT2D eigenvalue weighted by Crippen LogP contribution is -2.61. The fourth-order valence-corrected chi connectivity index (χ4v) is 10.3. The average molecular weight is 1290 g/mol. The van der Waals surface area contributed by atoms with Crippen LogP contribution in [0, 0.1) is 23.7 Å². The molecule has 0 radical (unpaired) electrons. The number of primary amides is 1. The van der Waals surface area contributed by atoms with E-state index >= 15 is 0 Å². The maximum atomic E-state index is 14.6. The first-order chi connectivity index (χ1) is 42.4. The average Bonchev–Trinajstić information content (AvgIpc) is 4.39. The van der Waals surface area contributed by atoms with Crippen molar-refractivity contribution < 1.29 is 77.6 Å². The Balaban J connectivity index is 2.48. The van der Waals surface area contributed by atoms with Gasteiger partial charge in [0, 0.05) is 37.0 Å². The number of unbranched alkanes of at least 4 members (excludes halogenated alkanes) is 1. The molecule has 10 amide bonds. The zero-order chi connectivity index (χ0) is 67.9. The van der Waals surface area contributed by atoms with Gasteiger partial charge in [0.15, 0.2) is 0 Å². The molecule has 0 saturated heterocycles. The van der Waals surface area contributed by atoms with Gasteiger partial charge in [0.2, 0.25) is 59.1 Å². The molecule has 2 rings (SSSR count). The van der Waals surface area contributed by atoms with Crippen molar-refractivity contribution in [3.63, 3.8) is 0 Å². The molecule has 2 heterocycles. The molecule has 0 fully saturated rings. The molecule has 1 aromatic rings. The number of carboxylic acid groups (broad SMARTS) is 3. The molecule has 1 aromatic heterocycles. The van der Waals surface area contributed by atoms with Gasteiger partial charge in [-0.05, 0) is 75.2 Å². The molecular formula is C57H96N16O16S. The highest BCUT2D eigenvalue weighted by molar-refractivity contribution is 8.14. The molecule has 21 N–H and O–H groups in total. The number of carbonyl (C=O) groups excluding carboxylic acids is 10. The van der Waals surface area contributed by atoms with Gasteiger partial charge in [0.25, 0.3) is 0 Å². The number of nitrogens with one attached hydrogen (secondary N) is 10. The Bertz CT molecular complexity index is 2630. The Hall–Kier alpha value is -7.78. The summed E-state index contributed by atoms with van der Waals surface area (Å²) in [7, 11) is 0. The number of aliphatic imine (C=N–C) groups is 1. The van der Waals surface area contributed by atoms with Crippen molar-refractivity contribution in [1.82, 2.24) is 57.8 Å². The molecule has 32 nitrogen and oxygen atoms in total. The van der Waals surface area contributed by atoms with Crippen LogP contribution in [0.3, 0.4) is 0 Å². The molecule has 0 saturated carbocycles. The number of thioether (sulfide) groups is 1. The predicted octanol–water partition coefficient (Wildman–Crippen LogP) is -2.49. The Morgan fingerprint density at radius 1 is 0.600 bits per heavy atom. The lowest BCUT2D eigenvalue weighted by atomic mass is 9.96. The first-order valence-corrected chi connectivity index (χ1v) is 31.4. The van der Waals surface area contributed by atoms with E-state index in [1.54, 1.807) is 41.5 Å². The van der Waals surface area contributed by atoms with Crippen molar-refractivity contribution in [1.29, 1.82) is 0 Å². The minimum atomic E-state index is -1.77. The fraction of sp³-hybridized carbons (Fsp3) is 0.702.